The third kappa shape index (κ3) is 2.87. The molecule has 0 spiro atoms. The second-order valence-corrected chi connectivity index (χ2v) is 6.00. The van der Waals surface area contributed by atoms with Crippen molar-refractivity contribution < 1.29 is 5.11 Å². The second kappa shape index (κ2) is 5.92. The van der Waals surface area contributed by atoms with Gasteiger partial charge in [0, 0.05) is 37.5 Å². The lowest BCUT2D eigenvalue weighted by Gasteiger charge is -2.17. The summed E-state index contributed by atoms with van der Waals surface area (Å²) in [6.07, 6.45) is 11.8. The molecule has 0 radical (unpaired) electrons. The van der Waals surface area contributed by atoms with Gasteiger partial charge < -0.3 is 15.0 Å². The number of aromatic nitrogens is 5. The van der Waals surface area contributed by atoms with Crippen molar-refractivity contribution in [2.24, 2.45) is 5.92 Å². The Labute approximate surface area is 133 Å². The van der Waals surface area contributed by atoms with Crippen molar-refractivity contribution in [2.75, 3.05) is 5.32 Å². The van der Waals surface area contributed by atoms with E-state index in [9.17, 15) is 5.11 Å². The second-order valence-electron chi connectivity index (χ2n) is 6.00. The molecule has 1 fully saturated rings. The van der Waals surface area contributed by atoms with E-state index in [0.29, 0.717) is 11.7 Å². The molecule has 23 heavy (non-hydrogen) atoms. The van der Waals surface area contributed by atoms with Crippen molar-refractivity contribution >= 4 is 16.9 Å². The molecule has 0 aliphatic heterocycles. The molecule has 7 heteroatoms. The van der Waals surface area contributed by atoms with Crippen LogP contribution in [-0.4, -0.2) is 41.8 Å². The molecule has 3 heterocycles. The van der Waals surface area contributed by atoms with Crippen molar-refractivity contribution in [1.29, 1.82) is 0 Å². The van der Waals surface area contributed by atoms with Crippen LogP contribution in [0.2, 0.25) is 0 Å². The first kappa shape index (κ1) is 14.1. The highest BCUT2D eigenvalue weighted by atomic mass is 16.3. The first-order valence-electron chi connectivity index (χ1n) is 7.75. The van der Waals surface area contributed by atoms with Crippen LogP contribution in [0.5, 0.6) is 0 Å². The van der Waals surface area contributed by atoms with Gasteiger partial charge in [0.05, 0.1) is 24.0 Å². The molecule has 1 unspecified atom stereocenters. The van der Waals surface area contributed by atoms with Gasteiger partial charge in [-0.2, -0.15) is 0 Å². The fourth-order valence-electron chi connectivity index (χ4n) is 3.29. The Kier molecular flexibility index (Phi) is 3.63. The molecule has 3 aromatic rings. The minimum Gasteiger partial charge on any atom is -0.391 e. The molecule has 0 amide bonds. The summed E-state index contributed by atoms with van der Waals surface area (Å²) in [5.41, 5.74) is 1.53. The van der Waals surface area contributed by atoms with Crippen LogP contribution in [0.4, 0.5) is 5.82 Å². The quantitative estimate of drug-likeness (QED) is 0.758. The molecular weight excluding hydrogens is 292 g/mol. The van der Waals surface area contributed by atoms with Crippen molar-refractivity contribution in [3.05, 3.63) is 43.4 Å². The van der Waals surface area contributed by atoms with Crippen molar-refractivity contribution in [3.8, 4) is 0 Å². The van der Waals surface area contributed by atoms with Crippen LogP contribution in [-0.2, 0) is 6.54 Å². The summed E-state index contributed by atoms with van der Waals surface area (Å²) in [5.74, 6) is 1.10. The number of rotatable bonds is 4. The fourth-order valence-corrected chi connectivity index (χ4v) is 3.29. The minimum atomic E-state index is -0.391. The van der Waals surface area contributed by atoms with E-state index in [0.717, 1.165) is 30.4 Å². The molecule has 118 valence electrons. The summed E-state index contributed by atoms with van der Waals surface area (Å²) >= 11 is 0. The number of aliphatic hydroxyl groups excluding tert-OH is 1. The van der Waals surface area contributed by atoms with Gasteiger partial charge >= 0.3 is 0 Å². The number of imidazole rings is 1. The SMILES string of the molecule is O[C@@H]1CC(Cn2ccnc2)C[C@H]1Nc1nccc2nccnc12. The number of anilines is 1. The lowest BCUT2D eigenvalue weighted by molar-refractivity contribution is 0.166. The molecule has 1 saturated carbocycles. The maximum absolute atomic E-state index is 10.4. The monoisotopic (exact) mass is 310 g/mol. The summed E-state index contributed by atoms with van der Waals surface area (Å²) in [4.78, 5) is 17.1. The first-order valence-corrected chi connectivity index (χ1v) is 7.75. The van der Waals surface area contributed by atoms with Crippen LogP contribution in [0.25, 0.3) is 11.0 Å². The minimum absolute atomic E-state index is 0.0244. The van der Waals surface area contributed by atoms with E-state index in [2.05, 4.69) is 29.8 Å². The number of hydrogen-bond acceptors (Lipinski definition) is 6. The zero-order valence-electron chi connectivity index (χ0n) is 12.6. The molecule has 3 aromatic heterocycles. The molecule has 0 bridgehead atoms. The Morgan fingerprint density at radius 3 is 2.91 bits per heavy atom. The Bertz CT molecular complexity index is 785. The van der Waals surface area contributed by atoms with Gasteiger partial charge in [-0.3, -0.25) is 4.98 Å². The van der Waals surface area contributed by atoms with E-state index in [1.54, 1.807) is 24.8 Å². The van der Waals surface area contributed by atoms with Gasteiger partial charge in [-0.1, -0.05) is 0 Å². The highest BCUT2D eigenvalue weighted by Crippen LogP contribution is 2.30. The zero-order valence-corrected chi connectivity index (χ0v) is 12.6. The van der Waals surface area contributed by atoms with Crippen molar-refractivity contribution in [3.63, 3.8) is 0 Å². The summed E-state index contributed by atoms with van der Waals surface area (Å²) < 4.78 is 2.06. The third-order valence-corrected chi connectivity index (χ3v) is 4.36. The number of pyridine rings is 1. The smallest absolute Gasteiger partial charge is 0.154 e. The average Bonchev–Trinajstić information content (AvgIpc) is 3.18. The molecule has 4 rings (SSSR count). The topological polar surface area (TPSA) is 88.8 Å². The van der Waals surface area contributed by atoms with Crippen molar-refractivity contribution in [2.45, 2.75) is 31.5 Å². The van der Waals surface area contributed by atoms with Gasteiger partial charge in [0.1, 0.15) is 5.52 Å². The van der Waals surface area contributed by atoms with Gasteiger partial charge in [-0.05, 0) is 24.8 Å². The summed E-state index contributed by atoms with van der Waals surface area (Å²) in [6.45, 7) is 0.873. The van der Waals surface area contributed by atoms with Gasteiger partial charge in [0.15, 0.2) is 5.82 Å². The highest BCUT2D eigenvalue weighted by molar-refractivity contribution is 5.84. The molecule has 7 nitrogen and oxygen atoms in total. The number of hydrogen-bond donors (Lipinski definition) is 2. The molecule has 1 aliphatic rings. The highest BCUT2D eigenvalue weighted by Gasteiger charge is 2.33. The maximum atomic E-state index is 10.4. The molecular formula is C16H18N6O. The normalized spacial score (nSPS) is 24.1. The zero-order chi connectivity index (χ0) is 15.6. The van der Waals surface area contributed by atoms with E-state index >= 15 is 0 Å². The van der Waals surface area contributed by atoms with E-state index in [4.69, 9.17) is 0 Å². The van der Waals surface area contributed by atoms with Crippen molar-refractivity contribution in [1.82, 2.24) is 24.5 Å². The van der Waals surface area contributed by atoms with E-state index in [1.807, 2.05) is 18.6 Å². The Morgan fingerprint density at radius 2 is 2.04 bits per heavy atom. The first-order chi connectivity index (χ1) is 11.3. The lowest BCUT2D eigenvalue weighted by Crippen LogP contribution is -2.28. The standard InChI is InChI=1S/C16H18N6O/c23-14-8-11(9-22-6-5-17-10-22)7-13(14)21-16-15-12(1-2-20-16)18-3-4-19-15/h1-6,10-11,13-14,23H,7-9H2,(H,20,21)/t11?,13-,14-/m1/s1. The van der Waals surface area contributed by atoms with Crippen LogP contribution >= 0.6 is 0 Å². The molecule has 0 aromatic carbocycles. The van der Waals surface area contributed by atoms with E-state index in [-0.39, 0.29) is 6.04 Å². The van der Waals surface area contributed by atoms with Gasteiger partial charge in [0.25, 0.3) is 0 Å². The molecule has 2 N–H and O–H groups in total. The van der Waals surface area contributed by atoms with Crippen LogP contribution in [0.1, 0.15) is 12.8 Å². The van der Waals surface area contributed by atoms with Gasteiger partial charge in [-0.25, -0.2) is 15.0 Å². The number of fused-ring (bicyclic) bond motifs is 1. The third-order valence-electron chi connectivity index (χ3n) is 4.36. The largest absolute Gasteiger partial charge is 0.391 e. The number of nitrogens with one attached hydrogen (secondary N) is 1. The average molecular weight is 310 g/mol. The van der Waals surface area contributed by atoms with Gasteiger partial charge in [-0.15, -0.1) is 0 Å². The van der Waals surface area contributed by atoms with E-state index < -0.39 is 6.10 Å². The Balaban J connectivity index is 1.50. The predicted molar refractivity (Wildman–Crippen MR) is 85.7 cm³/mol. The van der Waals surface area contributed by atoms with Crippen LogP contribution < -0.4 is 5.32 Å². The molecule has 0 saturated heterocycles. The Morgan fingerprint density at radius 1 is 1.13 bits per heavy atom. The lowest BCUT2D eigenvalue weighted by atomic mass is 10.1. The van der Waals surface area contributed by atoms with Crippen LogP contribution in [0.15, 0.2) is 43.4 Å². The number of nitrogens with zero attached hydrogens (tertiary/aromatic N) is 5. The number of aliphatic hydroxyl groups is 1. The maximum Gasteiger partial charge on any atom is 0.154 e. The van der Waals surface area contributed by atoms with Gasteiger partial charge in [0.2, 0.25) is 0 Å². The van der Waals surface area contributed by atoms with Crippen LogP contribution in [0.3, 0.4) is 0 Å². The van der Waals surface area contributed by atoms with E-state index in [1.165, 1.54) is 0 Å². The summed E-state index contributed by atoms with van der Waals surface area (Å²) in [7, 11) is 0. The van der Waals surface area contributed by atoms with Crippen LogP contribution in [0, 0.1) is 5.92 Å². The Hall–Kier alpha value is -2.54. The predicted octanol–water partition coefficient (Wildman–Crippen LogP) is 1.47. The fraction of sp³-hybridized carbons (Fsp3) is 0.375. The molecule has 1 aliphatic carbocycles. The summed E-state index contributed by atoms with van der Waals surface area (Å²) in [6, 6.07) is 1.81. The molecule has 3 atom stereocenters. The summed E-state index contributed by atoms with van der Waals surface area (Å²) in [5, 5.41) is 13.7.